The minimum atomic E-state index is -0.469. The highest BCUT2D eigenvalue weighted by Gasteiger charge is 2.11. The van der Waals surface area contributed by atoms with Crippen LogP contribution in [0.2, 0.25) is 0 Å². The van der Waals surface area contributed by atoms with Gasteiger partial charge in [-0.2, -0.15) is 0 Å². The van der Waals surface area contributed by atoms with Crippen molar-refractivity contribution in [3.05, 3.63) is 65.2 Å². The summed E-state index contributed by atoms with van der Waals surface area (Å²) in [7, 11) is 1.56. The number of hydrogen-bond acceptors (Lipinski definition) is 4. The number of hydrogen-bond donors (Lipinski definition) is 1. The number of esters is 1. The third-order valence-corrected chi connectivity index (χ3v) is 3.46. The highest BCUT2D eigenvalue weighted by molar-refractivity contribution is 5.83. The molecule has 0 aliphatic heterocycles. The van der Waals surface area contributed by atoms with Gasteiger partial charge in [0.05, 0.1) is 13.5 Å². The van der Waals surface area contributed by atoms with Gasteiger partial charge in [-0.15, -0.1) is 0 Å². The molecule has 0 aliphatic carbocycles. The molecule has 2 aromatic rings. The van der Waals surface area contributed by atoms with E-state index in [0.29, 0.717) is 5.75 Å². The Balaban J connectivity index is 1.78. The maximum absolute atomic E-state index is 12.0. The van der Waals surface area contributed by atoms with E-state index < -0.39 is 5.97 Å². The molecular weight excluding hydrogens is 306 g/mol. The summed E-state index contributed by atoms with van der Waals surface area (Å²) in [6.07, 6.45) is 0.150. The van der Waals surface area contributed by atoms with Crippen LogP contribution in [0.15, 0.2) is 48.5 Å². The number of amides is 1. The Morgan fingerprint density at radius 1 is 1.08 bits per heavy atom. The molecular formula is C19H21NO4. The summed E-state index contributed by atoms with van der Waals surface area (Å²) in [5.41, 5.74) is 2.73. The van der Waals surface area contributed by atoms with Crippen molar-refractivity contribution in [3.63, 3.8) is 0 Å². The van der Waals surface area contributed by atoms with Crippen molar-refractivity contribution in [2.24, 2.45) is 0 Å². The maximum Gasteiger partial charge on any atom is 0.325 e. The normalized spacial score (nSPS) is 10.1. The predicted octanol–water partition coefficient (Wildman–Crippen LogP) is 2.41. The zero-order valence-electron chi connectivity index (χ0n) is 13.9. The van der Waals surface area contributed by atoms with Crippen molar-refractivity contribution in [1.82, 2.24) is 5.32 Å². The highest BCUT2D eigenvalue weighted by Crippen LogP contribution is 2.19. The Kier molecular flexibility index (Phi) is 6.37. The summed E-state index contributed by atoms with van der Waals surface area (Å²) in [6.45, 7) is 1.99. The number of rotatable bonds is 7. The Morgan fingerprint density at radius 2 is 1.83 bits per heavy atom. The summed E-state index contributed by atoms with van der Waals surface area (Å²) >= 11 is 0. The predicted molar refractivity (Wildman–Crippen MR) is 90.7 cm³/mol. The van der Waals surface area contributed by atoms with E-state index in [1.807, 2.05) is 55.5 Å². The molecule has 1 amide bonds. The van der Waals surface area contributed by atoms with Gasteiger partial charge >= 0.3 is 5.97 Å². The second kappa shape index (κ2) is 8.72. The van der Waals surface area contributed by atoms with Crippen molar-refractivity contribution in [3.8, 4) is 5.75 Å². The number of carbonyl (C=O) groups excluding carboxylic acids is 2. The number of benzene rings is 2. The molecule has 0 aromatic heterocycles. The first-order valence-electron chi connectivity index (χ1n) is 7.68. The Bertz CT molecular complexity index is 698. The van der Waals surface area contributed by atoms with Gasteiger partial charge in [-0.25, -0.2) is 0 Å². The lowest BCUT2D eigenvalue weighted by atomic mass is 10.1. The highest BCUT2D eigenvalue weighted by atomic mass is 16.5. The molecule has 2 aromatic carbocycles. The van der Waals surface area contributed by atoms with E-state index >= 15 is 0 Å². The number of nitrogens with one attached hydrogen (secondary N) is 1. The van der Waals surface area contributed by atoms with Gasteiger partial charge < -0.3 is 14.8 Å². The Hall–Kier alpha value is -2.82. The second-order valence-electron chi connectivity index (χ2n) is 5.42. The van der Waals surface area contributed by atoms with Crippen LogP contribution in [0.25, 0.3) is 0 Å². The van der Waals surface area contributed by atoms with Crippen LogP contribution < -0.4 is 10.1 Å². The molecule has 5 nitrogen and oxygen atoms in total. The average molecular weight is 327 g/mol. The largest absolute Gasteiger partial charge is 0.496 e. The van der Waals surface area contributed by atoms with Gasteiger partial charge in [0, 0.05) is 5.56 Å². The second-order valence-corrected chi connectivity index (χ2v) is 5.42. The number of methoxy groups -OCH3 is 1. The molecule has 0 spiro atoms. The lowest BCUT2D eigenvalue weighted by Crippen LogP contribution is -2.31. The fourth-order valence-corrected chi connectivity index (χ4v) is 2.24. The summed E-state index contributed by atoms with van der Waals surface area (Å²) < 4.78 is 10.4. The minimum absolute atomic E-state index is 0.150. The van der Waals surface area contributed by atoms with Crippen LogP contribution in [0.4, 0.5) is 0 Å². The SMILES string of the molecule is COc1ccc(C)cc1CC(=O)NCC(=O)OCc1ccccc1. The summed E-state index contributed by atoms with van der Waals surface area (Å²) in [4.78, 5) is 23.7. The third kappa shape index (κ3) is 5.43. The monoisotopic (exact) mass is 327 g/mol. The quantitative estimate of drug-likeness (QED) is 0.793. The molecule has 1 N–H and O–H groups in total. The maximum atomic E-state index is 12.0. The molecule has 0 saturated heterocycles. The van der Waals surface area contributed by atoms with Crippen LogP contribution in [0.3, 0.4) is 0 Å². The van der Waals surface area contributed by atoms with Crippen LogP contribution >= 0.6 is 0 Å². The van der Waals surface area contributed by atoms with Gasteiger partial charge in [0.1, 0.15) is 18.9 Å². The van der Waals surface area contributed by atoms with Crippen LogP contribution in [0.5, 0.6) is 5.75 Å². The van der Waals surface area contributed by atoms with Gasteiger partial charge in [-0.1, -0.05) is 48.0 Å². The van der Waals surface area contributed by atoms with Gasteiger partial charge in [-0.3, -0.25) is 9.59 Å². The average Bonchev–Trinajstić information content (AvgIpc) is 2.59. The number of aryl methyl sites for hydroxylation is 1. The standard InChI is InChI=1S/C19H21NO4/c1-14-8-9-17(23-2)16(10-14)11-18(21)20-12-19(22)24-13-15-6-4-3-5-7-15/h3-10H,11-13H2,1-2H3,(H,20,21). The molecule has 5 heteroatoms. The lowest BCUT2D eigenvalue weighted by molar-refractivity contribution is -0.145. The fourth-order valence-electron chi connectivity index (χ4n) is 2.24. The zero-order chi connectivity index (χ0) is 17.4. The summed E-state index contributed by atoms with van der Waals surface area (Å²) in [5.74, 6) is -0.0682. The summed E-state index contributed by atoms with van der Waals surface area (Å²) in [5, 5.41) is 2.57. The van der Waals surface area contributed by atoms with Crippen LogP contribution in [-0.2, 0) is 27.4 Å². The van der Waals surface area contributed by atoms with E-state index in [1.165, 1.54) is 0 Å². The van der Waals surface area contributed by atoms with E-state index in [9.17, 15) is 9.59 Å². The van der Waals surface area contributed by atoms with Crippen molar-refractivity contribution in [1.29, 1.82) is 0 Å². The third-order valence-electron chi connectivity index (χ3n) is 3.46. The summed E-state index contributed by atoms with van der Waals surface area (Å²) in [6, 6.07) is 15.0. The van der Waals surface area contributed by atoms with Crippen LogP contribution in [0, 0.1) is 6.92 Å². The van der Waals surface area contributed by atoms with Gasteiger partial charge in [-0.05, 0) is 18.6 Å². The van der Waals surface area contributed by atoms with Gasteiger partial charge in [0.2, 0.25) is 5.91 Å². The Labute approximate surface area is 141 Å². The molecule has 24 heavy (non-hydrogen) atoms. The van der Waals surface area contributed by atoms with Crippen molar-refractivity contribution in [2.75, 3.05) is 13.7 Å². The molecule has 0 radical (unpaired) electrons. The number of carbonyl (C=O) groups is 2. The Morgan fingerprint density at radius 3 is 2.54 bits per heavy atom. The molecule has 0 unspecified atom stereocenters. The smallest absolute Gasteiger partial charge is 0.325 e. The van der Waals surface area contributed by atoms with Gasteiger partial charge in [0.15, 0.2) is 0 Å². The first kappa shape index (κ1) is 17.5. The van der Waals surface area contributed by atoms with E-state index in [1.54, 1.807) is 7.11 Å². The van der Waals surface area contributed by atoms with Crippen LogP contribution in [0.1, 0.15) is 16.7 Å². The first-order chi connectivity index (χ1) is 11.6. The van der Waals surface area contributed by atoms with Crippen molar-refractivity contribution >= 4 is 11.9 Å². The van der Waals surface area contributed by atoms with Crippen LogP contribution in [-0.4, -0.2) is 25.5 Å². The zero-order valence-corrected chi connectivity index (χ0v) is 13.9. The van der Waals surface area contributed by atoms with E-state index in [2.05, 4.69) is 5.32 Å². The van der Waals surface area contributed by atoms with Gasteiger partial charge in [0.25, 0.3) is 0 Å². The molecule has 0 aliphatic rings. The molecule has 0 atom stereocenters. The molecule has 0 bridgehead atoms. The fraction of sp³-hybridized carbons (Fsp3) is 0.263. The first-order valence-corrected chi connectivity index (χ1v) is 7.68. The van der Waals surface area contributed by atoms with E-state index in [4.69, 9.17) is 9.47 Å². The van der Waals surface area contributed by atoms with Crippen molar-refractivity contribution in [2.45, 2.75) is 20.0 Å². The molecule has 0 heterocycles. The van der Waals surface area contributed by atoms with Crippen molar-refractivity contribution < 1.29 is 19.1 Å². The minimum Gasteiger partial charge on any atom is -0.496 e. The number of ether oxygens (including phenoxy) is 2. The topological polar surface area (TPSA) is 64.6 Å². The molecule has 0 fully saturated rings. The lowest BCUT2D eigenvalue weighted by Gasteiger charge is -2.10. The molecule has 2 rings (SSSR count). The molecule has 126 valence electrons. The van der Waals surface area contributed by atoms with E-state index in [-0.39, 0.29) is 25.5 Å². The van der Waals surface area contributed by atoms with E-state index in [0.717, 1.165) is 16.7 Å². The molecule has 0 saturated carbocycles.